The summed E-state index contributed by atoms with van der Waals surface area (Å²) >= 11 is 0. The molecule has 0 radical (unpaired) electrons. The van der Waals surface area contributed by atoms with Crippen LogP contribution in [0.3, 0.4) is 0 Å². The first-order chi connectivity index (χ1) is 13.5. The van der Waals surface area contributed by atoms with Crippen LogP contribution in [0.4, 0.5) is 5.69 Å². The number of para-hydroxylation sites is 1. The molecule has 0 fully saturated rings. The number of benzene rings is 3. The highest BCUT2D eigenvalue weighted by Gasteiger charge is 2.54. The normalized spacial score (nSPS) is 20.8. The molecule has 0 amide bonds. The molecule has 3 aromatic carbocycles. The van der Waals surface area contributed by atoms with Gasteiger partial charge < -0.3 is 10.1 Å². The number of rotatable bonds is 2. The topological polar surface area (TPSA) is 38.3 Å². The van der Waals surface area contributed by atoms with E-state index in [1.54, 1.807) is 0 Å². The van der Waals surface area contributed by atoms with Crippen molar-refractivity contribution in [2.75, 3.05) is 5.32 Å². The Morgan fingerprint density at radius 1 is 0.893 bits per heavy atom. The van der Waals surface area contributed by atoms with Gasteiger partial charge in [-0.05, 0) is 55.8 Å². The van der Waals surface area contributed by atoms with Crippen LogP contribution >= 0.6 is 0 Å². The molecule has 138 valence electrons. The van der Waals surface area contributed by atoms with Crippen LogP contribution in [0.5, 0.6) is 5.75 Å². The maximum atomic E-state index is 12.8. The van der Waals surface area contributed by atoms with E-state index in [9.17, 15) is 4.79 Å². The second-order valence-electron chi connectivity index (χ2n) is 7.91. The van der Waals surface area contributed by atoms with Crippen molar-refractivity contribution >= 4 is 17.5 Å². The van der Waals surface area contributed by atoms with Gasteiger partial charge >= 0.3 is 0 Å². The molecule has 1 unspecified atom stereocenters. The molecule has 5 rings (SSSR count). The summed E-state index contributed by atoms with van der Waals surface area (Å²) in [6.45, 7) is 4.38. The van der Waals surface area contributed by atoms with E-state index in [-0.39, 0.29) is 11.2 Å². The van der Waals surface area contributed by atoms with Gasteiger partial charge in [0.1, 0.15) is 5.75 Å². The van der Waals surface area contributed by atoms with E-state index in [1.165, 1.54) is 5.56 Å². The summed E-state index contributed by atoms with van der Waals surface area (Å²) in [5, 5.41) is 3.57. The van der Waals surface area contributed by atoms with Crippen LogP contribution in [0.2, 0.25) is 0 Å². The van der Waals surface area contributed by atoms with Crippen molar-refractivity contribution in [1.82, 2.24) is 0 Å². The van der Waals surface area contributed by atoms with Crippen molar-refractivity contribution < 1.29 is 9.53 Å². The van der Waals surface area contributed by atoms with E-state index in [0.717, 1.165) is 17.0 Å². The van der Waals surface area contributed by atoms with Crippen LogP contribution in [-0.4, -0.2) is 11.5 Å². The first-order valence-corrected chi connectivity index (χ1v) is 9.50. The smallest absolute Gasteiger partial charge is 0.209 e. The van der Waals surface area contributed by atoms with Gasteiger partial charge in [0.15, 0.2) is 5.78 Å². The Hall–Kier alpha value is -3.33. The minimum atomic E-state index is -0.644. The zero-order valence-electron chi connectivity index (χ0n) is 15.9. The fourth-order valence-electron chi connectivity index (χ4n) is 4.18. The molecule has 28 heavy (non-hydrogen) atoms. The van der Waals surface area contributed by atoms with Crippen LogP contribution in [-0.2, 0) is 5.41 Å². The molecule has 3 nitrogen and oxygen atoms in total. The molecule has 3 heteroatoms. The molecular formula is C25H21NO2. The molecule has 3 aromatic rings. The van der Waals surface area contributed by atoms with Gasteiger partial charge in [-0.2, -0.15) is 0 Å². The largest absolute Gasteiger partial charge is 0.463 e. The highest BCUT2D eigenvalue weighted by Crippen LogP contribution is 2.50. The first-order valence-electron chi connectivity index (χ1n) is 9.50. The number of nitrogens with one attached hydrogen (secondary N) is 1. The fraction of sp³-hybridized carbons (Fsp3) is 0.160. The van der Waals surface area contributed by atoms with E-state index in [0.29, 0.717) is 11.1 Å². The number of anilines is 1. The lowest BCUT2D eigenvalue weighted by Crippen LogP contribution is -2.53. The van der Waals surface area contributed by atoms with Crippen molar-refractivity contribution in [3.05, 3.63) is 101 Å². The predicted octanol–water partition coefficient (Wildman–Crippen LogP) is 5.42. The maximum absolute atomic E-state index is 12.8. The third-order valence-corrected chi connectivity index (χ3v) is 5.93. The summed E-state index contributed by atoms with van der Waals surface area (Å²) in [6.07, 6.45) is 4.13. The van der Waals surface area contributed by atoms with Gasteiger partial charge in [-0.15, -0.1) is 0 Å². The van der Waals surface area contributed by atoms with Crippen LogP contribution in [0.25, 0.3) is 6.08 Å². The predicted molar refractivity (Wildman–Crippen MR) is 112 cm³/mol. The summed E-state index contributed by atoms with van der Waals surface area (Å²) in [4.78, 5) is 12.8. The van der Waals surface area contributed by atoms with Gasteiger partial charge in [0, 0.05) is 22.4 Å². The van der Waals surface area contributed by atoms with E-state index in [1.807, 2.05) is 54.6 Å². The zero-order valence-corrected chi connectivity index (χ0v) is 15.9. The Kier molecular flexibility index (Phi) is 3.50. The Morgan fingerprint density at radius 3 is 2.43 bits per heavy atom. The number of carbonyl (C=O) groups excluding carboxylic acids is 1. The summed E-state index contributed by atoms with van der Waals surface area (Å²) in [6, 6.07) is 23.3. The van der Waals surface area contributed by atoms with Crippen LogP contribution in [0.1, 0.15) is 40.9 Å². The van der Waals surface area contributed by atoms with E-state index < -0.39 is 5.72 Å². The van der Waals surface area contributed by atoms with Crippen molar-refractivity contribution in [2.24, 2.45) is 0 Å². The Labute approximate surface area is 164 Å². The van der Waals surface area contributed by atoms with Gasteiger partial charge in [0.05, 0.1) is 5.41 Å². The van der Waals surface area contributed by atoms with Crippen molar-refractivity contribution in [1.29, 1.82) is 0 Å². The highest BCUT2D eigenvalue weighted by atomic mass is 16.5. The lowest BCUT2D eigenvalue weighted by atomic mass is 9.76. The van der Waals surface area contributed by atoms with Crippen LogP contribution in [0, 0.1) is 0 Å². The first kappa shape index (κ1) is 16.8. The molecule has 1 atom stereocenters. The third kappa shape index (κ3) is 2.32. The van der Waals surface area contributed by atoms with Gasteiger partial charge in [-0.1, -0.05) is 48.5 Å². The molecule has 0 aromatic heterocycles. The second-order valence-corrected chi connectivity index (χ2v) is 7.91. The molecule has 2 heterocycles. The number of ether oxygens (including phenoxy) is 1. The van der Waals surface area contributed by atoms with Crippen LogP contribution in [0.15, 0.2) is 78.9 Å². The lowest BCUT2D eigenvalue weighted by Gasteiger charge is -2.41. The number of ketones is 1. The zero-order chi connectivity index (χ0) is 19.4. The summed E-state index contributed by atoms with van der Waals surface area (Å²) in [7, 11) is 0. The van der Waals surface area contributed by atoms with Crippen LogP contribution < -0.4 is 10.1 Å². The Morgan fingerprint density at radius 2 is 1.64 bits per heavy atom. The number of hydrogen-bond acceptors (Lipinski definition) is 3. The van der Waals surface area contributed by atoms with E-state index in [4.69, 9.17) is 4.74 Å². The van der Waals surface area contributed by atoms with Gasteiger partial charge in [-0.25, -0.2) is 0 Å². The molecule has 2 aliphatic rings. The molecular weight excluding hydrogens is 346 g/mol. The van der Waals surface area contributed by atoms with Gasteiger partial charge in [0.2, 0.25) is 5.72 Å². The molecule has 0 aliphatic carbocycles. The fourth-order valence-corrected chi connectivity index (χ4v) is 4.18. The average Bonchev–Trinajstić information content (AvgIpc) is 2.94. The van der Waals surface area contributed by atoms with E-state index in [2.05, 4.69) is 49.5 Å². The molecule has 0 bridgehead atoms. The lowest BCUT2D eigenvalue weighted by molar-refractivity contribution is 0.0823. The summed E-state index contributed by atoms with van der Waals surface area (Å²) in [5.41, 5.74) is 3.71. The van der Waals surface area contributed by atoms with E-state index >= 15 is 0 Å². The Bertz CT molecular complexity index is 1110. The number of hydrogen-bond donors (Lipinski definition) is 1. The number of fused-ring (bicyclic) bond motifs is 2. The quantitative estimate of drug-likeness (QED) is 0.615. The minimum Gasteiger partial charge on any atom is -0.463 e. The SMILES string of the molecule is CC1(C)c2ccccc2NC12C=Cc1cc(C(=O)c3ccccc3)ccc1O2. The van der Waals surface area contributed by atoms with Crippen molar-refractivity contribution in [3.8, 4) is 5.75 Å². The standard InChI is InChI=1S/C25H21NO2/c1-24(2)20-10-6-7-11-21(20)26-25(24)15-14-18-16-19(12-13-22(18)28-25)23(27)17-8-4-3-5-9-17/h3-16,26H,1-2H3. The second kappa shape index (κ2) is 5.83. The number of carbonyl (C=O) groups is 1. The monoisotopic (exact) mass is 367 g/mol. The average molecular weight is 367 g/mol. The Balaban J connectivity index is 1.51. The minimum absolute atomic E-state index is 0.0174. The van der Waals surface area contributed by atoms with Crippen molar-refractivity contribution in [3.63, 3.8) is 0 Å². The van der Waals surface area contributed by atoms with Gasteiger partial charge in [0.25, 0.3) is 0 Å². The maximum Gasteiger partial charge on any atom is 0.209 e. The molecule has 1 spiro atoms. The third-order valence-electron chi connectivity index (χ3n) is 5.93. The summed E-state index contributed by atoms with van der Waals surface area (Å²) < 4.78 is 6.51. The molecule has 2 aliphatic heterocycles. The molecule has 1 N–H and O–H groups in total. The molecule has 0 saturated heterocycles. The van der Waals surface area contributed by atoms with Gasteiger partial charge in [-0.3, -0.25) is 4.79 Å². The molecule has 0 saturated carbocycles. The summed E-state index contributed by atoms with van der Waals surface area (Å²) in [5.74, 6) is 0.796. The van der Waals surface area contributed by atoms with Crippen molar-refractivity contribution in [2.45, 2.75) is 25.0 Å². The highest BCUT2D eigenvalue weighted by molar-refractivity contribution is 6.09.